The van der Waals surface area contributed by atoms with Crippen molar-refractivity contribution in [3.63, 3.8) is 0 Å². The van der Waals surface area contributed by atoms with Gasteiger partial charge in [-0.15, -0.1) is 0 Å². The van der Waals surface area contributed by atoms with Crippen LogP contribution >= 0.6 is 0 Å². The zero-order chi connectivity index (χ0) is 10.8. The summed E-state index contributed by atoms with van der Waals surface area (Å²) in [5.74, 6) is 0. The molecule has 0 aliphatic carbocycles. The van der Waals surface area contributed by atoms with E-state index in [4.69, 9.17) is 0 Å². The van der Waals surface area contributed by atoms with E-state index in [0.717, 1.165) is 19.3 Å². The molecule has 1 heteroatoms. The molecular formula is C14H20F. The average molecular weight is 207 g/mol. The summed E-state index contributed by atoms with van der Waals surface area (Å²) in [5, 5.41) is 0. The predicted octanol–water partition coefficient (Wildman–Crippen LogP) is 4.34. The Balaban J connectivity index is 1.93. The Hall–Kier alpha value is -0.850. The van der Waals surface area contributed by atoms with E-state index in [1.54, 1.807) is 0 Å². The highest BCUT2D eigenvalue weighted by atomic mass is 19.1. The lowest BCUT2D eigenvalue weighted by Crippen LogP contribution is -1.86. The maximum absolute atomic E-state index is 11.8. The quantitative estimate of drug-likeness (QED) is 0.556. The van der Waals surface area contributed by atoms with E-state index in [9.17, 15) is 4.39 Å². The van der Waals surface area contributed by atoms with Gasteiger partial charge in [0.2, 0.25) is 0 Å². The minimum absolute atomic E-state index is 0.154. The molecule has 0 saturated heterocycles. The number of hydrogen-bond acceptors (Lipinski definition) is 0. The van der Waals surface area contributed by atoms with Crippen LogP contribution in [0.3, 0.4) is 0 Å². The lowest BCUT2D eigenvalue weighted by molar-refractivity contribution is 0.450. The molecule has 0 atom stereocenters. The standard InChI is InChI=1S/C14H20F/c15-13-9-4-2-1-3-6-10-14-11-7-5-8-12-14/h5,7-8,11H,1-4,6,9-10,13H2. The van der Waals surface area contributed by atoms with Crippen molar-refractivity contribution in [2.24, 2.45) is 0 Å². The fraction of sp³-hybridized carbons (Fsp3) is 0.571. The monoisotopic (exact) mass is 207 g/mol. The molecule has 0 aromatic heterocycles. The zero-order valence-corrected chi connectivity index (χ0v) is 9.34. The van der Waals surface area contributed by atoms with Crippen LogP contribution in [0.5, 0.6) is 0 Å². The highest BCUT2D eigenvalue weighted by Crippen LogP contribution is 2.09. The van der Waals surface area contributed by atoms with Crippen molar-refractivity contribution >= 4 is 0 Å². The first-order chi connectivity index (χ1) is 7.43. The summed E-state index contributed by atoms with van der Waals surface area (Å²) in [5.41, 5.74) is 1.31. The number of rotatable bonds is 8. The van der Waals surface area contributed by atoms with Crippen LogP contribution in [0.4, 0.5) is 4.39 Å². The average Bonchev–Trinajstić information content (AvgIpc) is 2.29. The summed E-state index contributed by atoms with van der Waals surface area (Å²) in [4.78, 5) is 0. The normalized spacial score (nSPS) is 10.5. The zero-order valence-electron chi connectivity index (χ0n) is 9.34. The Morgan fingerprint density at radius 1 is 0.933 bits per heavy atom. The molecule has 1 aromatic carbocycles. The summed E-state index contributed by atoms with van der Waals surface area (Å²) in [6, 6.07) is 11.4. The van der Waals surface area contributed by atoms with Crippen molar-refractivity contribution in [1.82, 2.24) is 0 Å². The van der Waals surface area contributed by atoms with Crippen LogP contribution < -0.4 is 0 Å². The van der Waals surface area contributed by atoms with Gasteiger partial charge in [-0.1, -0.05) is 49.9 Å². The number of alkyl halides is 1. The van der Waals surface area contributed by atoms with E-state index >= 15 is 0 Å². The smallest absolute Gasteiger partial charge is 0.0894 e. The molecule has 1 aromatic rings. The predicted molar refractivity (Wildman–Crippen MR) is 62.7 cm³/mol. The van der Waals surface area contributed by atoms with Crippen LogP contribution in [0, 0.1) is 6.07 Å². The lowest BCUT2D eigenvalue weighted by atomic mass is 10.1. The molecule has 15 heavy (non-hydrogen) atoms. The molecule has 0 saturated carbocycles. The first-order valence-electron chi connectivity index (χ1n) is 5.95. The second-order valence-electron chi connectivity index (χ2n) is 3.95. The van der Waals surface area contributed by atoms with Crippen LogP contribution in [0.15, 0.2) is 24.3 Å². The second-order valence-corrected chi connectivity index (χ2v) is 3.95. The van der Waals surface area contributed by atoms with Gasteiger partial charge in [-0.2, -0.15) is 0 Å². The van der Waals surface area contributed by atoms with Crippen molar-refractivity contribution in [2.75, 3.05) is 6.67 Å². The molecule has 0 fully saturated rings. The summed E-state index contributed by atoms with van der Waals surface area (Å²) in [6.45, 7) is -0.154. The molecule has 83 valence electrons. The summed E-state index contributed by atoms with van der Waals surface area (Å²) in [7, 11) is 0. The molecule has 0 nitrogen and oxygen atoms in total. The van der Waals surface area contributed by atoms with E-state index in [0.29, 0.717) is 0 Å². The molecule has 1 radical (unpaired) electrons. The van der Waals surface area contributed by atoms with Gasteiger partial charge in [0.25, 0.3) is 0 Å². The third-order valence-electron chi connectivity index (χ3n) is 2.60. The third-order valence-corrected chi connectivity index (χ3v) is 2.60. The molecule has 0 aliphatic heterocycles. The third kappa shape index (κ3) is 6.27. The number of hydrogen-bond donors (Lipinski definition) is 0. The number of benzene rings is 1. The number of aryl methyl sites for hydroxylation is 1. The molecule has 0 bridgehead atoms. The first-order valence-corrected chi connectivity index (χ1v) is 5.95. The summed E-state index contributed by atoms with van der Waals surface area (Å²) in [6.07, 6.45) is 7.84. The topological polar surface area (TPSA) is 0 Å². The second kappa shape index (κ2) is 8.46. The van der Waals surface area contributed by atoms with Crippen LogP contribution in [0.2, 0.25) is 0 Å². The maximum Gasteiger partial charge on any atom is 0.0894 e. The largest absolute Gasteiger partial charge is 0.251 e. The van der Waals surface area contributed by atoms with Gasteiger partial charge in [-0.3, -0.25) is 4.39 Å². The fourth-order valence-corrected chi connectivity index (χ4v) is 1.70. The summed E-state index contributed by atoms with van der Waals surface area (Å²) >= 11 is 0. The van der Waals surface area contributed by atoms with Gasteiger partial charge >= 0.3 is 0 Å². The molecule has 0 unspecified atom stereocenters. The molecule has 0 spiro atoms. The van der Waals surface area contributed by atoms with Gasteiger partial charge in [0.15, 0.2) is 0 Å². The van der Waals surface area contributed by atoms with Crippen molar-refractivity contribution in [3.05, 3.63) is 35.9 Å². The van der Waals surface area contributed by atoms with Gasteiger partial charge in [-0.05, 0) is 30.9 Å². The van der Waals surface area contributed by atoms with E-state index in [1.807, 2.05) is 12.1 Å². The summed E-state index contributed by atoms with van der Waals surface area (Å²) < 4.78 is 11.8. The van der Waals surface area contributed by atoms with Crippen LogP contribution in [0.25, 0.3) is 0 Å². The van der Waals surface area contributed by atoms with E-state index in [2.05, 4.69) is 18.2 Å². The van der Waals surface area contributed by atoms with Gasteiger partial charge in [0.1, 0.15) is 0 Å². The van der Waals surface area contributed by atoms with Crippen LogP contribution in [-0.2, 0) is 6.42 Å². The SMILES string of the molecule is FCCCCCCCCc1[c]cccc1. The van der Waals surface area contributed by atoms with Gasteiger partial charge in [0, 0.05) is 0 Å². The Morgan fingerprint density at radius 3 is 2.33 bits per heavy atom. The Kier molecular flexibility index (Phi) is 6.89. The highest BCUT2D eigenvalue weighted by Gasteiger charge is 1.93. The molecule has 0 N–H and O–H groups in total. The molecule has 0 amide bonds. The van der Waals surface area contributed by atoms with Gasteiger partial charge in [0.05, 0.1) is 6.67 Å². The van der Waals surface area contributed by atoms with Crippen LogP contribution in [-0.4, -0.2) is 6.67 Å². The molecule has 1 rings (SSSR count). The Bertz CT molecular complexity index is 230. The van der Waals surface area contributed by atoms with Crippen molar-refractivity contribution in [1.29, 1.82) is 0 Å². The van der Waals surface area contributed by atoms with E-state index in [-0.39, 0.29) is 6.67 Å². The van der Waals surface area contributed by atoms with Crippen LogP contribution in [0.1, 0.15) is 44.1 Å². The Morgan fingerprint density at radius 2 is 1.67 bits per heavy atom. The highest BCUT2D eigenvalue weighted by molar-refractivity contribution is 5.12. The number of halogens is 1. The fourth-order valence-electron chi connectivity index (χ4n) is 1.70. The minimum atomic E-state index is -0.154. The van der Waals surface area contributed by atoms with Crippen molar-refractivity contribution in [3.8, 4) is 0 Å². The minimum Gasteiger partial charge on any atom is -0.251 e. The molecule has 0 heterocycles. The van der Waals surface area contributed by atoms with Crippen molar-refractivity contribution < 1.29 is 4.39 Å². The molecular weight excluding hydrogens is 187 g/mol. The van der Waals surface area contributed by atoms with Crippen molar-refractivity contribution in [2.45, 2.75) is 44.9 Å². The van der Waals surface area contributed by atoms with E-state index in [1.165, 1.54) is 31.2 Å². The van der Waals surface area contributed by atoms with E-state index < -0.39 is 0 Å². The van der Waals surface area contributed by atoms with Gasteiger partial charge in [-0.25, -0.2) is 0 Å². The first kappa shape index (κ1) is 12.2. The van der Waals surface area contributed by atoms with Gasteiger partial charge < -0.3 is 0 Å². The molecule has 0 aliphatic rings. The lowest BCUT2D eigenvalue weighted by Gasteiger charge is -2.01. The number of unbranched alkanes of at least 4 members (excludes halogenated alkanes) is 5. The Labute approximate surface area is 92.5 Å². The maximum atomic E-state index is 11.8.